The molecule has 0 N–H and O–H groups in total. The predicted octanol–water partition coefficient (Wildman–Crippen LogP) is 4.32. The SMILES string of the molecule is C[C@@H]1CN(C(=O)c2cc(-c3ccc(Cl)cc3)cs2)C[C@@H](C)O1. The van der Waals surface area contributed by atoms with Gasteiger partial charge in [-0.15, -0.1) is 11.3 Å². The van der Waals surface area contributed by atoms with E-state index in [9.17, 15) is 4.79 Å². The van der Waals surface area contributed by atoms with Crippen LogP contribution < -0.4 is 0 Å². The van der Waals surface area contributed by atoms with Crippen LogP contribution in [-0.2, 0) is 4.74 Å². The molecule has 0 unspecified atom stereocenters. The van der Waals surface area contributed by atoms with Crippen LogP contribution in [0.4, 0.5) is 0 Å². The van der Waals surface area contributed by atoms with Gasteiger partial charge in [-0.25, -0.2) is 0 Å². The van der Waals surface area contributed by atoms with Crippen molar-refractivity contribution < 1.29 is 9.53 Å². The van der Waals surface area contributed by atoms with Crippen molar-refractivity contribution in [3.05, 3.63) is 45.6 Å². The van der Waals surface area contributed by atoms with Gasteiger partial charge in [-0.3, -0.25) is 4.79 Å². The first kappa shape index (κ1) is 15.5. The summed E-state index contributed by atoms with van der Waals surface area (Å²) in [6, 6.07) is 9.62. The minimum Gasteiger partial charge on any atom is -0.372 e. The summed E-state index contributed by atoms with van der Waals surface area (Å²) < 4.78 is 5.69. The predicted molar refractivity (Wildman–Crippen MR) is 90.7 cm³/mol. The summed E-state index contributed by atoms with van der Waals surface area (Å²) in [4.78, 5) is 15.3. The first-order valence-electron chi connectivity index (χ1n) is 7.32. The Morgan fingerprint density at radius 3 is 2.45 bits per heavy atom. The molecule has 1 amide bonds. The molecule has 2 atom stereocenters. The van der Waals surface area contributed by atoms with Crippen molar-refractivity contribution in [2.45, 2.75) is 26.1 Å². The molecule has 0 radical (unpaired) electrons. The number of hydrogen-bond acceptors (Lipinski definition) is 3. The molecule has 1 aliphatic heterocycles. The van der Waals surface area contributed by atoms with Crippen LogP contribution in [-0.4, -0.2) is 36.1 Å². The van der Waals surface area contributed by atoms with Crippen LogP contribution in [0.25, 0.3) is 11.1 Å². The number of carbonyl (C=O) groups excluding carboxylic acids is 1. The highest BCUT2D eigenvalue weighted by atomic mass is 35.5. The smallest absolute Gasteiger partial charge is 0.264 e. The largest absolute Gasteiger partial charge is 0.372 e. The minimum absolute atomic E-state index is 0.0865. The van der Waals surface area contributed by atoms with Gasteiger partial charge in [-0.1, -0.05) is 23.7 Å². The molecule has 1 aromatic heterocycles. The van der Waals surface area contributed by atoms with Gasteiger partial charge in [0.15, 0.2) is 0 Å². The third kappa shape index (κ3) is 3.35. The number of hydrogen-bond donors (Lipinski definition) is 0. The fourth-order valence-electron chi connectivity index (χ4n) is 2.74. The average Bonchev–Trinajstić information content (AvgIpc) is 2.96. The molecule has 3 rings (SSSR count). The monoisotopic (exact) mass is 335 g/mol. The molecule has 5 heteroatoms. The Morgan fingerprint density at radius 2 is 1.82 bits per heavy atom. The lowest BCUT2D eigenvalue weighted by atomic mass is 10.1. The van der Waals surface area contributed by atoms with Gasteiger partial charge in [0, 0.05) is 18.1 Å². The molecule has 0 aliphatic carbocycles. The number of morpholine rings is 1. The summed E-state index contributed by atoms with van der Waals surface area (Å²) in [5.41, 5.74) is 2.13. The van der Waals surface area contributed by atoms with Gasteiger partial charge in [0.05, 0.1) is 17.1 Å². The second-order valence-corrected chi connectivity index (χ2v) is 7.02. The number of rotatable bonds is 2. The Bertz CT molecular complexity index is 658. The van der Waals surface area contributed by atoms with E-state index in [2.05, 4.69) is 0 Å². The number of ether oxygens (including phenoxy) is 1. The molecule has 2 heterocycles. The molecule has 1 saturated heterocycles. The first-order chi connectivity index (χ1) is 10.5. The molecule has 3 nitrogen and oxygen atoms in total. The van der Waals surface area contributed by atoms with Crippen LogP contribution in [0.1, 0.15) is 23.5 Å². The molecule has 1 aliphatic rings. The molecule has 0 bridgehead atoms. The van der Waals surface area contributed by atoms with E-state index in [1.54, 1.807) is 0 Å². The third-order valence-electron chi connectivity index (χ3n) is 3.69. The summed E-state index contributed by atoms with van der Waals surface area (Å²) in [6.07, 6.45) is 0.173. The highest BCUT2D eigenvalue weighted by Gasteiger charge is 2.27. The van der Waals surface area contributed by atoms with E-state index in [0.717, 1.165) is 16.0 Å². The minimum atomic E-state index is 0.0865. The van der Waals surface area contributed by atoms with Crippen molar-refractivity contribution in [1.29, 1.82) is 0 Å². The fourth-order valence-corrected chi connectivity index (χ4v) is 3.75. The number of carbonyl (C=O) groups is 1. The Hall–Kier alpha value is -1.36. The lowest BCUT2D eigenvalue weighted by Crippen LogP contribution is -2.48. The van der Waals surface area contributed by atoms with Crippen molar-refractivity contribution >= 4 is 28.8 Å². The molecule has 116 valence electrons. The maximum absolute atomic E-state index is 12.6. The summed E-state index contributed by atoms with van der Waals surface area (Å²) in [5.74, 6) is 0.0900. The normalized spacial score (nSPS) is 21.9. The molecular weight excluding hydrogens is 318 g/mol. The zero-order valence-electron chi connectivity index (χ0n) is 12.6. The second-order valence-electron chi connectivity index (χ2n) is 5.67. The zero-order valence-corrected chi connectivity index (χ0v) is 14.2. The van der Waals surface area contributed by atoms with Gasteiger partial charge >= 0.3 is 0 Å². The average molecular weight is 336 g/mol. The van der Waals surface area contributed by atoms with Crippen LogP contribution >= 0.6 is 22.9 Å². The van der Waals surface area contributed by atoms with E-state index in [1.165, 1.54) is 11.3 Å². The number of halogens is 1. The quantitative estimate of drug-likeness (QED) is 0.818. The fraction of sp³-hybridized carbons (Fsp3) is 0.353. The molecule has 2 aromatic rings. The highest BCUT2D eigenvalue weighted by molar-refractivity contribution is 7.12. The van der Waals surface area contributed by atoms with E-state index < -0.39 is 0 Å². The number of nitrogens with zero attached hydrogens (tertiary/aromatic N) is 1. The number of thiophene rings is 1. The van der Waals surface area contributed by atoms with Crippen molar-refractivity contribution in [1.82, 2.24) is 4.90 Å². The van der Waals surface area contributed by atoms with Crippen LogP contribution in [0.3, 0.4) is 0 Å². The third-order valence-corrected chi connectivity index (χ3v) is 4.86. The summed E-state index contributed by atoms with van der Waals surface area (Å²) in [6.45, 7) is 5.31. The van der Waals surface area contributed by atoms with Gasteiger partial charge < -0.3 is 9.64 Å². The first-order valence-corrected chi connectivity index (χ1v) is 8.58. The Labute approximate surface area is 139 Å². The van der Waals surface area contributed by atoms with E-state index >= 15 is 0 Å². The molecule has 22 heavy (non-hydrogen) atoms. The maximum Gasteiger partial charge on any atom is 0.264 e. The van der Waals surface area contributed by atoms with Crippen molar-refractivity contribution in [2.75, 3.05) is 13.1 Å². The van der Waals surface area contributed by atoms with Gasteiger partial charge in [-0.05, 0) is 48.6 Å². The standard InChI is InChI=1S/C17H18ClNO2S/c1-11-8-19(9-12(2)21-11)17(20)16-7-14(10-22-16)13-3-5-15(18)6-4-13/h3-7,10-12H,8-9H2,1-2H3/t11-,12-/m1/s1. The molecular formula is C17H18ClNO2S. The Morgan fingerprint density at radius 1 is 1.18 bits per heavy atom. The van der Waals surface area contributed by atoms with Gasteiger partial charge in [0.25, 0.3) is 5.91 Å². The molecule has 0 spiro atoms. The highest BCUT2D eigenvalue weighted by Crippen LogP contribution is 2.28. The van der Waals surface area contributed by atoms with E-state index in [4.69, 9.17) is 16.3 Å². The lowest BCUT2D eigenvalue weighted by molar-refractivity contribution is -0.0585. The zero-order chi connectivity index (χ0) is 15.7. The Balaban J connectivity index is 1.78. The van der Waals surface area contributed by atoms with Crippen molar-refractivity contribution in [3.8, 4) is 11.1 Å². The van der Waals surface area contributed by atoms with Gasteiger partial charge in [0.1, 0.15) is 0 Å². The molecule has 1 aromatic carbocycles. The van der Waals surface area contributed by atoms with E-state index in [-0.39, 0.29) is 18.1 Å². The maximum atomic E-state index is 12.6. The lowest BCUT2D eigenvalue weighted by Gasteiger charge is -2.35. The summed E-state index contributed by atoms with van der Waals surface area (Å²) in [5, 5.41) is 2.73. The van der Waals surface area contributed by atoms with Gasteiger partial charge in [0.2, 0.25) is 0 Å². The molecule has 0 saturated carbocycles. The van der Waals surface area contributed by atoms with Crippen LogP contribution in [0.15, 0.2) is 35.7 Å². The number of amides is 1. The number of benzene rings is 1. The van der Waals surface area contributed by atoms with Crippen LogP contribution in [0.2, 0.25) is 5.02 Å². The second kappa shape index (κ2) is 6.41. The topological polar surface area (TPSA) is 29.5 Å². The van der Waals surface area contributed by atoms with E-state index in [0.29, 0.717) is 18.1 Å². The summed E-state index contributed by atoms with van der Waals surface area (Å²) >= 11 is 7.40. The molecule has 1 fully saturated rings. The van der Waals surface area contributed by atoms with Crippen LogP contribution in [0, 0.1) is 0 Å². The van der Waals surface area contributed by atoms with Crippen molar-refractivity contribution in [3.63, 3.8) is 0 Å². The van der Waals surface area contributed by atoms with Gasteiger partial charge in [-0.2, -0.15) is 0 Å². The van der Waals surface area contributed by atoms with Crippen molar-refractivity contribution in [2.24, 2.45) is 0 Å². The van der Waals surface area contributed by atoms with E-state index in [1.807, 2.05) is 54.5 Å². The summed E-state index contributed by atoms with van der Waals surface area (Å²) in [7, 11) is 0. The van der Waals surface area contributed by atoms with Crippen LogP contribution in [0.5, 0.6) is 0 Å². The Kier molecular flexibility index (Phi) is 4.52.